The van der Waals surface area contributed by atoms with Gasteiger partial charge in [0.15, 0.2) is 0 Å². The number of primary amides is 1. The van der Waals surface area contributed by atoms with Crippen molar-refractivity contribution in [3.05, 3.63) is 0 Å². The maximum absolute atomic E-state index is 12.2. The topological polar surface area (TPSA) is 214 Å². The van der Waals surface area contributed by atoms with Crippen LogP contribution in [0.4, 0.5) is 0 Å². The molecule has 13 heteroatoms. The fourth-order valence-electron chi connectivity index (χ4n) is 1.97. The maximum Gasteiger partial charge on any atom is 0.326 e. The average molecular weight is 421 g/mol. The van der Waals surface area contributed by atoms with Crippen LogP contribution in [0.3, 0.4) is 0 Å². The number of nitrogens with one attached hydrogen (secondary N) is 3. The van der Waals surface area contributed by atoms with Crippen molar-refractivity contribution in [1.82, 2.24) is 16.0 Å². The van der Waals surface area contributed by atoms with E-state index in [1.807, 2.05) is 11.6 Å². The summed E-state index contributed by atoms with van der Waals surface area (Å²) in [5.41, 5.74) is 10.6. The van der Waals surface area contributed by atoms with Gasteiger partial charge in [-0.2, -0.15) is 11.8 Å². The Morgan fingerprint density at radius 1 is 1.11 bits per heavy atom. The first-order valence-corrected chi connectivity index (χ1v) is 9.70. The molecule has 9 N–H and O–H groups in total. The lowest BCUT2D eigenvalue weighted by Crippen LogP contribution is -2.57. The predicted octanol–water partition coefficient (Wildman–Crippen LogP) is -3.51. The molecule has 0 aliphatic carbocycles. The van der Waals surface area contributed by atoms with Gasteiger partial charge in [0.05, 0.1) is 25.1 Å². The molecule has 4 amide bonds. The number of thioether (sulfide) groups is 1. The summed E-state index contributed by atoms with van der Waals surface area (Å²) in [7, 11) is 0. The summed E-state index contributed by atoms with van der Waals surface area (Å²) in [6.45, 7) is 0.706. The fraction of sp³-hybridized carbons (Fsp3) is 0.667. The largest absolute Gasteiger partial charge is 0.480 e. The Hall–Kier alpha value is -2.38. The predicted molar refractivity (Wildman–Crippen MR) is 101 cm³/mol. The third-order valence-electron chi connectivity index (χ3n) is 3.49. The molecule has 0 aliphatic rings. The monoisotopic (exact) mass is 421 g/mol. The van der Waals surface area contributed by atoms with E-state index >= 15 is 0 Å². The molecule has 0 fully saturated rings. The molecule has 4 unspecified atom stereocenters. The smallest absolute Gasteiger partial charge is 0.326 e. The van der Waals surface area contributed by atoms with Gasteiger partial charge in [0.25, 0.3) is 0 Å². The molecule has 0 aromatic heterocycles. The van der Waals surface area contributed by atoms with Crippen molar-refractivity contribution in [3.8, 4) is 0 Å². The van der Waals surface area contributed by atoms with Crippen LogP contribution < -0.4 is 27.4 Å². The number of carbonyl (C=O) groups is 5. The lowest BCUT2D eigenvalue weighted by molar-refractivity contribution is -0.144. The molecule has 0 aliphatic heterocycles. The molecule has 0 aromatic carbocycles. The van der Waals surface area contributed by atoms with E-state index in [4.69, 9.17) is 16.6 Å². The Morgan fingerprint density at radius 2 is 1.71 bits per heavy atom. The van der Waals surface area contributed by atoms with E-state index in [0.717, 1.165) is 0 Å². The highest BCUT2D eigenvalue weighted by atomic mass is 32.2. The molecule has 0 saturated carbocycles. The van der Waals surface area contributed by atoms with Gasteiger partial charge >= 0.3 is 5.97 Å². The van der Waals surface area contributed by atoms with Crippen LogP contribution in [0.15, 0.2) is 0 Å². The van der Waals surface area contributed by atoms with E-state index in [1.54, 1.807) is 0 Å². The zero-order valence-corrected chi connectivity index (χ0v) is 16.5. The van der Waals surface area contributed by atoms with Crippen molar-refractivity contribution >= 4 is 41.4 Å². The van der Waals surface area contributed by atoms with E-state index in [-0.39, 0.29) is 0 Å². The van der Waals surface area contributed by atoms with Crippen LogP contribution in [0.2, 0.25) is 0 Å². The number of aliphatic hydroxyl groups is 1. The Morgan fingerprint density at radius 3 is 2.18 bits per heavy atom. The van der Waals surface area contributed by atoms with E-state index in [1.165, 1.54) is 18.7 Å². The number of hydrogen-bond donors (Lipinski definition) is 7. The van der Waals surface area contributed by atoms with Gasteiger partial charge in [-0.3, -0.25) is 19.2 Å². The highest BCUT2D eigenvalue weighted by molar-refractivity contribution is 7.98. The molecule has 0 spiro atoms. The quantitative estimate of drug-likeness (QED) is 0.157. The van der Waals surface area contributed by atoms with Crippen molar-refractivity contribution < 1.29 is 34.2 Å². The van der Waals surface area contributed by atoms with Crippen molar-refractivity contribution in [3.63, 3.8) is 0 Å². The van der Waals surface area contributed by atoms with Crippen molar-refractivity contribution in [1.29, 1.82) is 0 Å². The van der Waals surface area contributed by atoms with Gasteiger partial charge in [0.1, 0.15) is 12.1 Å². The number of rotatable bonds is 13. The van der Waals surface area contributed by atoms with Gasteiger partial charge in [-0.25, -0.2) is 4.79 Å². The number of aliphatic hydroxyl groups excluding tert-OH is 1. The van der Waals surface area contributed by atoms with E-state index < -0.39 is 66.8 Å². The van der Waals surface area contributed by atoms with Crippen LogP contribution >= 0.6 is 11.8 Å². The second-order valence-corrected chi connectivity index (χ2v) is 6.95. The van der Waals surface area contributed by atoms with Crippen LogP contribution in [-0.2, 0) is 24.0 Å². The van der Waals surface area contributed by atoms with Gasteiger partial charge in [-0.15, -0.1) is 0 Å². The third-order valence-corrected chi connectivity index (χ3v) is 4.14. The number of amides is 4. The minimum absolute atomic E-state index is 0.420. The number of carboxylic acids is 1. The molecular formula is C15H27N5O7S. The van der Waals surface area contributed by atoms with Gasteiger partial charge in [-0.1, -0.05) is 0 Å². The van der Waals surface area contributed by atoms with Crippen LogP contribution in [0.1, 0.15) is 19.8 Å². The summed E-state index contributed by atoms with van der Waals surface area (Å²) in [6.07, 6.45) is 0.235. The molecule has 28 heavy (non-hydrogen) atoms. The molecule has 12 nitrogen and oxygen atoms in total. The van der Waals surface area contributed by atoms with E-state index in [9.17, 15) is 29.1 Å². The second kappa shape index (κ2) is 12.9. The summed E-state index contributed by atoms with van der Waals surface area (Å²) in [5, 5.41) is 25.2. The molecule has 0 radical (unpaired) electrons. The number of hydrogen-bond acceptors (Lipinski definition) is 8. The van der Waals surface area contributed by atoms with Gasteiger partial charge in [0, 0.05) is 0 Å². The van der Waals surface area contributed by atoms with Crippen LogP contribution in [0.5, 0.6) is 0 Å². The fourth-order valence-corrected chi connectivity index (χ4v) is 2.46. The lowest BCUT2D eigenvalue weighted by atomic mass is 10.1. The van der Waals surface area contributed by atoms with E-state index in [2.05, 4.69) is 10.6 Å². The summed E-state index contributed by atoms with van der Waals surface area (Å²) < 4.78 is 0. The maximum atomic E-state index is 12.2. The number of aliphatic carboxylic acids is 1. The number of nitrogens with two attached hydrogens (primary N) is 2. The van der Waals surface area contributed by atoms with Crippen LogP contribution in [0.25, 0.3) is 0 Å². The molecule has 4 atom stereocenters. The third kappa shape index (κ3) is 10.1. The zero-order chi connectivity index (χ0) is 21.9. The summed E-state index contributed by atoms with van der Waals surface area (Å²) in [6, 6.07) is -3.91. The Balaban J connectivity index is 4.77. The molecule has 0 aromatic rings. The van der Waals surface area contributed by atoms with Crippen LogP contribution in [-0.4, -0.2) is 82.6 Å². The normalized spacial score (nSPS) is 14.9. The Labute approximate surface area is 166 Å². The number of carbonyl (C=O) groups excluding carboxylic acids is 4. The van der Waals surface area contributed by atoms with E-state index in [0.29, 0.717) is 12.2 Å². The van der Waals surface area contributed by atoms with Gasteiger partial charge < -0.3 is 37.6 Å². The molecule has 0 bridgehead atoms. The Bertz CT molecular complexity index is 587. The second-order valence-electron chi connectivity index (χ2n) is 5.96. The standard InChI is InChI=1S/C15H27N5O7S/c1-7(21)12(14(25)19-9(15(26)27)5-10(17)22)20-11(23)6-18-13(24)8(16)3-4-28-2/h7-9,12,21H,3-6,16H2,1-2H3,(H2,17,22)(H,18,24)(H,19,25)(H,20,23)(H,26,27). The first kappa shape index (κ1) is 25.6. The molecule has 0 saturated heterocycles. The Kier molecular flexibility index (Phi) is 11.8. The summed E-state index contributed by atoms with van der Waals surface area (Å²) in [4.78, 5) is 57.8. The van der Waals surface area contributed by atoms with Crippen molar-refractivity contribution in [2.24, 2.45) is 11.5 Å². The molecular weight excluding hydrogens is 394 g/mol. The molecule has 0 heterocycles. The van der Waals surface area contributed by atoms with Gasteiger partial charge in [0.2, 0.25) is 23.6 Å². The first-order chi connectivity index (χ1) is 13.0. The first-order valence-electron chi connectivity index (χ1n) is 8.30. The van der Waals surface area contributed by atoms with Crippen molar-refractivity contribution in [2.75, 3.05) is 18.6 Å². The highest BCUT2D eigenvalue weighted by Crippen LogP contribution is 1.99. The zero-order valence-electron chi connectivity index (χ0n) is 15.6. The lowest BCUT2D eigenvalue weighted by Gasteiger charge is -2.23. The molecule has 160 valence electrons. The average Bonchev–Trinajstić information content (AvgIpc) is 2.60. The van der Waals surface area contributed by atoms with Crippen LogP contribution in [0, 0.1) is 0 Å². The van der Waals surface area contributed by atoms with Gasteiger partial charge in [-0.05, 0) is 25.4 Å². The minimum atomic E-state index is -1.61. The summed E-state index contributed by atoms with van der Waals surface area (Å²) >= 11 is 1.51. The van der Waals surface area contributed by atoms with Crippen molar-refractivity contribution in [2.45, 2.75) is 44.0 Å². The summed E-state index contributed by atoms with van der Waals surface area (Å²) in [5.74, 6) is -4.16. The minimum Gasteiger partial charge on any atom is -0.480 e. The number of carboxylic acid groups (broad SMARTS) is 1. The highest BCUT2D eigenvalue weighted by Gasteiger charge is 2.30. The SMILES string of the molecule is CSCCC(N)C(=O)NCC(=O)NC(C(=O)NC(CC(N)=O)C(=O)O)C(C)O. The molecule has 0 rings (SSSR count).